The van der Waals surface area contributed by atoms with Crippen LogP contribution in [0.3, 0.4) is 0 Å². The second-order valence-electron chi connectivity index (χ2n) is 4.30. The minimum atomic E-state index is -0.285. The third-order valence-electron chi connectivity index (χ3n) is 2.84. The molecule has 4 nitrogen and oxygen atoms in total. The van der Waals surface area contributed by atoms with Gasteiger partial charge in [-0.1, -0.05) is 6.92 Å². The monoisotopic (exact) mass is 289 g/mol. The predicted octanol–water partition coefficient (Wildman–Crippen LogP) is 2.26. The molecule has 0 aromatic carbocycles. The van der Waals surface area contributed by atoms with Crippen LogP contribution in [-0.4, -0.2) is 29.0 Å². The minimum Gasteiger partial charge on any atom is -0.377 e. The van der Waals surface area contributed by atoms with Crippen molar-refractivity contribution in [2.75, 3.05) is 13.7 Å². The number of nitrogens with one attached hydrogen (secondary N) is 1. The molecule has 1 N–H and O–H groups in total. The van der Waals surface area contributed by atoms with Gasteiger partial charge >= 0.3 is 0 Å². The highest BCUT2D eigenvalue weighted by molar-refractivity contribution is 9.10. The van der Waals surface area contributed by atoms with Gasteiger partial charge in [0.25, 0.3) is 0 Å². The van der Waals surface area contributed by atoms with Gasteiger partial charge in [-0.3, -0.25) is 4.68 Å². The van der Waals surface area contributed by atoms with Crippen molar-refractivity contribution in [3.8, 4) is 0 Å². The normalized spacial score (nSPS) is 14.1. The molecule has 0 spiro atoms. The van der Waals surface area contributed by atoms with Gasteiger partial charge in [0.1, 0.15) is 0 Å². The lowest BCUT2D eigenvalue weighted by Crippen LogP contribution is -2.42. The Kier molecular flexibility index (Phi) is 4.52. The maximum absolute atomic E-state index is 5.56. The van der Waals surface area contributed by atoms with Crippen LogP contribution < -0.4 is 5.32 Å². The molecule has 0 aliphatic rings. The predicted molar refractivity (Wildman–Crippen MR) is 68.4 cm³/mol. The van der Waals surface area contributed by atoms with Crippen LogP contribution in [0.1, 0.15) is 32.5 Å². The Balaban J connectivity index is 3.12. The molecule has 92 valence electrons. The first kappa shape index (κ1) is 13.7. The van der Waals surface area contributed by atoms with E-state index >= 15 is 0 Å². The van der Waals surface area contributed by atoms with E-state index in [0.29, 0.717) is 0 Å². The van der Waals surface area contributed by atoms with Crippen LogP contribution >= 0.6 is 15.9 Å². The Morgan fingerprint density at radius 2 is 2.25 bits per heavy atom. The van der Waals surface area contributed by atoms with Crippen LogP contribution in [0.15, 0.2) is 10.7 Å². The van der Waals surface area contributed by atoms with Gasteiger partial charge in [0.2, 0.25) is 0 Å². The molecule has 0 aliphatic carbocycles. The molecule has 0 aliphatic heterocycles. The van der Waals surface area contributed by atoms with Crippen molar-refractivity contribution in [2.24, 2.45) is 7.05 Å². The van der Waals surface area contributed by atoms with Gasteiger partial charge in [0, 0.05) is 14.2 Å². The lowest BCUT2D eigenvalue weighted by molar-refractivity contribution is -0.0130. The van der Waals surface area contributed by atoms with Gasteiger partial charge in [-0.25, -0.2) is 0 Å². The highest BCUT2D eigenvalue weighted by Crippen LogP contribution is 2.32. The van der Waals surface area contributed by atoms with E-state index in [2.05, 4.69) is 47.1 Å². The lowest BCUT2D eigenvalue weighted by atomic mass is 9.95. The summed E-state index contributed by atoms with van der Waals surface area (Å²) >= 11 is 3.53. The highest BCUT2D eigenvalue weighted by atomic mass is 79.9. The molecule has 1 atom stereocenters. The summed E-state index contributed by atoms with van der Waals surface area (Å²) in [5, 5.41) is 7.68. The number of nitrogens with zero attached hydrogens (tertiary/aromatic N) is 2. The second kappa shape index (κ2) is 5.29. The van der Waals surface area contributed by atoms with Gasteiger partial charge in [0.15, 0.2) is 0 Å². The number of hydrogen-bond acceptors (Lipinski definition) is 3. The van der Waals surface area contributed by atoms with Crippen molar-refractivity contribution in [3.05, 3.63) is 16.4 Å². The first-order valence-electron chi connectivity index (χ1n) is 5.40. The molecule has 1 unspecified atom stereocenters. The van der Waals surface area contributed by atoms with E-state index in [1.165, 1.54) is 0 Å². The Labute approximate surface area is 105 Å². The molecule has 1 aromatic heterocycles. The van der Waals surface area contributed by atoms with Crippen molar-refractivity contribution in [1.82, 2.24) is 15.1 Å². The molecular weight excluding hydrogens is 270 g/mol. The van der Waals surface area contributed by atoms with Crippen molar-refractivity contribution in [2.45, 2.75) is 32.4 Å². The Hall–Kier alpha value is -0.390. The third-order valence-corrected chi connectivity index (χ3v) is 3.45. The molecular formula is C11H20BrN3O. The smallest absolute Gasteiger partial charge is 0.0832 e. The summed E-state index contributed by atoms with van der Waals surface area (Å²) in [6.45, 7) is 7.11. The van der Waals surface area contributed by atoms with E-state index in [-0.39, 0.29) is 11.6 Å². The van der Waals surface area contributed by atoms with E-state index in [0.717, 1.165) is 16.7 Å². The van der Waals surface area contributed by atoms with E-state index in [1.54, 1.807) is 7.11 Å². The van der Waals surface area contributed by atoms with Crippen LogP contribution in [0.25, 0.3) is 0 Å². The number of methoxy groups -OCH3 is 1. The second-order valence-corrected chi connectivity index (χ2v) is 5.15. The number of aryl methyl sites for hydroxylation is 1. The molecule has 0 fully saturated rings. The lowest BCUT2D eigenvalue weighted by Gasteiger charge is -2.34. The van der Waals surface area contributed by atoms with Gasteiger partial charge in [-0.15, -0.1) is 0 Å². The van der Waals surface area contributed by atoms with Crippen LogP contribution in [0.4, 0.5) is 0 Å². The van der Waals surface area contributed by atoms with Gasteiger partial charge in [0.05, 0.1) is 28.0 Å². The summed E-state index contributed by atoms with van der Waals surface area (Å²) in [4.78, 5) is 0. The Bertz CT molecular complexity index is 329. The zero-order valence-electron chi connectivity index (χ0n) is 10.5. The standard InChI is InChI=1S/C11H20BrN3O/c1-6-13-10(11(2,3)16-5)9-8(12)7-14-15(9)4/h7,10,13H,6H2,1-5H3. The number of rotatable bonds is 5. The summed E-state index contributed by atoms with van der Waals surface area (Å²) in [5.74, 6) is 0. The van der Waals surface area contributed by atoms with Crippen molar-refractivity contribution in [3.63, 3.8) is 0 Å². The summed E-state index contributed by atoms with van der Waals surface area (Å²) < 4.78 is 8.44. The fourth-order valence-corrected chi connectivity index (χ4v) is 2.32. The molecule has 0 saturated carbocycles. The molecule has 1 aromatic rings. The molecule has 0 amide bonds. The zero-order chi connectivity index (χ0) is 12.3. The third kappa shape index (κ3) is 2.64. The van der Waals surface area contributed by atoms with E-state index in [4.69, 9.17) is 4.74 Å². The quantitative estimate of drug-likeness (QED) is 0.904. The van der Waals surface area contributed by atoms with Crippen molar-refractivity contribution in [1.29, 1.82) is 0 Å². The number of hydrogen-bond donors (Lipinski definition) is 1. The van der Waals surface area contributed by atoms with E-state index < -0.39 is 0 Å². The van der Waals surface area contributed by atoms with E-state index in [9.17, 15) is 0 Å². The van der Waals surface area contributed by atoms with Crippen molar-refractivity contribution >= 4 is 15.9 Å². The van der Waals surface area contributed by atoms with Crippen LogP contribution in [0.5, 0.6) is 0 Å². The Morgan fingerprint density at radius 3 is 2.62 bits per heavy atom. The fraction of sp³-hybridized carbons (Fsp3) is 0.727. The Morgan fingerprint density at radius 1 is 1.62 bits per heavy atom. The number of aromatic nitrogens is 2. The first-order valence-corrected chi connectivity index (χ1v) is 6.19. The largest absolute Gasteiger partial charge is 0.377 e. The SMILES string of the molecule is CCNC(c1c(Br)cnn1C)C(C)(C)OC. The number of halogens is 1. The summed E-state index contributed by atoms with van der Waals surface area (Å²) in [6.07, 6.45) is 1.81. The molecule has 0 radical (unpaired) electrons. The maximum atomic E-state index is 5.56. The maximum Gasteiger partial charge on any atom is 0.0832 e. The van der Waals surface area contributed by atoms with Gasteiger partial charge in [-0.05, 0) is 36.3 Å². The average molecular weight is 290 g/mol. The van der Waals surface area contributed by atoms with Crippen LogP contribution in [0.2, 0.25) is 0 Å². The topological polar surface area (TPSA) is 39.1 Å². The zero-order valence-corrected chi connectivity index (χ0v) is 12.1. The summed E-state index contributed by atoms with van der Waals surface area (Å²) in [6, 6.07) is 0.101. The first-order chi connectivity index (χ1) is 7.44. The summed E-state index contributed by atoms with van der Waals surface area (Å²) in [7, 11) is 3.67. The molecule has 0 saturated heterocycles. The average Bonchev–Trinajstić information content (AvgIpc) is 2.56. The van der Waals surface area contributed by atoms with Gasteiger partial charge in [-0.2, -0.15) is 5.10 Å². The minimum absolute atomic E-state index is 0.101. The fourth-order valence-electron chi connectivity index (χ4n) is 1.74. The van der Waals surface area contributed by atoms with E-state index in [1.807, 2.05) is 17.9 Å². The van der Waals surface area contributed by atoms with Gasteiger partial charge < -0.3 is 10.1 Å². The number of likely N-dealkylation sites (N-methyl/N-ethyl adjacent to an activating group) is 1. The molecule has 5 heteroatoms. The highest BCUT2D eigenvalue weighted by Gasteiger charge is 2.33. The summed E-state index contributed by atoms with van der Waals surface area (Å²) in [5.41, 5.74) is 0.820. The molecule has 1 rings (SSSR count). The molecule has 1 heterocycles. The van der Waals surface area contributed by atoms with Crippen molar-refractivity contribution < 1.29 is 4.74 Å². The van der Waals surface area contributed by atoms with Crippen LogP contribution in [-0.2, 0) is 11.8 Å². The molecule has 0 bridgehead atoms. The number of ether oxygens (including phenoxy) is 1. The van der Waals surface area contributed by atoms with Crippen LogP contribution in [0, 0.1) is 0 Å². The molecule has 16 heavy (non-hydrogen) atoms.